The number of nitrogens with one attached hydrogen (secondary N) is 3. The van der Waals surface area contributed by atoms with Gasteiger partial charge >= 0.3 is 6.68 Å². The van der Waals surface area contributed by atoms with E-state index in [2.05, 4.69) is 22.5 Å². The normalized spacial score (nSPS) is 13.3. The molecule has 0 radical (unpaired) electrons. The topological polar surface area (TPSA) is 91.0 Å². The Hall–Kier alpha value is -3.38. The molecule has 0 bridgehead atoms. The summed E-state index contributed by atoms with van der Waals surface area (Å²) < 4.78 is 43.8. The molecule has 0 aliphatic heterocycles. The van der Waals surface area contributed by atoms with Gasteiger partial charge in [-0.2, -0.15) is 13.2 Å². The number of anilines is 2. The molecule has 2 aromatic carbocycles. The monoisotopic (exact) mass is 448 g/mol. The van der Waals surface area contributed by atoms with Crippen molar-refractivity contribution in [2.45, 2.75) is 32.0 Å². The fourth-order valence-corrected chi connectivity index (χ4v) is 2.99. The Labute approximate surface area is 183 Å². The number of nitrogen functional groups attached to an aromatic ring is 1. The van der Waals surface area contributed by atoms with Gasteiger partial charge in [0.25, 0.3) is 0 Å². The Morgan fingerprint density at radius 2 is 1.94 bits per heavy atom. The SMILES string of the molecule is CNC(C#CC1CC1)c1cc(F)c(CC(=N)c2ccccc2N)cc1NC=O.FC(F)F. The summed E-state index contributed by atoms with van der Waals surface area (Å²) >= 11 is 0. The maximum atomic E-state index is 14.8. The molecule has 0 heterocycles. The maximum absolute atomic E-state index is 14.8. The Morgan fingerprint density at radius 1 is 1.28 bits per heavy atom. The van der Waals surface area contributed by atoms with Gasteiger partial charge in [0.05, 0.1) is 6.04 Å². The van der Waals surface area contributed by atoms with Gasteiger partial charge < -0.3 is 21.8 Å². The molecule has 1 amide bonds. The molecule has 1 unspecified atom stereocenters. The minimum Gasteiger partial charge on any atom is -0.398 e. The average Bonchev–Trinajstić information content (AvgIpc) is 3.56. The Morgan fingerprint density at radius 3 is 2.50 bits per heavy atom. The number of benzene rings is 2. The van der Waals surface area contributed by atoms with Gasteiger partial charge in [-0.15, -0.1) is 0 Å². The summed E-state index contributed by atoms with van der Waals surface area (Å²) in [5.41, 5.74) is 8.52. The van der Waals surface area contributed by atoms with Crippen molar-refractivity contribution in [3.63, 3.8) is 0 Å². The molecular formula is C23H24F4N4O. The van der Waals surface area contributed by atoms with Crippen molar-refractivity contribution in [1.82, 2.24) is 5.32 Å². The van der Waals surface area contributed by atoms with Gasteiger partial charge in [-0.1, -0.05) is 30.0 Å². The van der Waals surface area contributed by atoms with Crippen LogP contribution < -0.4 is 16.4 Å². The van der Waals surface area contributed by atoms with Gasteiger partial charge in [0.2, 0.25) is 6.41 Å². The number of rotatable bonds is 7. The molecule has 1 fully saturated rings. The molecule has 9 heteroatoms. The molecule has 5 N–H and O–H groups in total. The van der Waals surface area contributed by atoms with E-state index in [0.29, 0.717) is 40.4 Å². The quantitative estimate of drug-likeness (QED) is 0.166. The molecule has 1 saturated carbocycles. The van der Waals surface area contributed by atoms with Crippen LogP contribution in [0, 0.1) is 29.0 Å². The van der Waals surface area contributed by atoms with E-state index in [1.54, 1.807) is 37.4 Å². The van der Waals surface area contributed by atoms with E-state index in [9.17, 15) is 22.4 Å². The second kappa shape index (κ2) is 11.9. The van der Waals surface area contributed by atoms with Crippen LogP contribution in [0.25, 0.3) is 0 Å². The summed E-state index contributed by atoms with van der Waals surface area (Å²) in [6.45, 7) is -3.67. The van der Waals surface area contributed by atoms with Gasteiger partial charge in [-0.25, -0.2) is 4.39 Å². The molecule has 0 aromatic heterocycles. The number of hydrogen-bond donors (Lipinski definition) is 4. The van der Waals surface area contributed by atoms with Crippen LogP contribution in [-0.4, -0.2) is 25.8 Å². The zero-order chi connectivity index (χ0) is 23.7. The first-order chi connectivity index (χ1) is 15.3. The van der Waals surface area contributed by atoms with Crippen LogP contribution in [0.2, 0.25) is 0 Å². The lowest BCUT2D eigenvalue weighted by molar-refractivity contribution is -0.105. The predicted octanol–water partition coefficient (Wildman–Crippen LogP) is 4.44. The van der Waals surface area contributed by atoms with Gasteiger partial charge in [0.1, 0.15) is 5.82 Å². The number of alkyl halides is 3. The summed E-state index contributed by atoms with van der Waals surface area (Å²) in [5, 5.41) is 14.0. The highest BCUT2D eigenvalue weighted by molar-refractivity contribution is 6.03. The van der Waals surface area contributed by atoms with Crippen molar-refractivity contribution in [2.24, 2.45) is 5.92 Å². The Bertz CT molecular complexity index is 1010. The molecule has 0 saturated heterocycles. The highest BCUT2D eigenvalue weighted by Crippen LogP contribution is 2.30. The molecule has 1 atom stereocenters. The number of para-hydroxylation sites is 1. The van der Waals surface area contributed by atoms with Crippen LogP contribution in [0.15, 0.2) is 36.4 Å². The predicted molar refractivity (Wildman–Crippen MR) is 117 cm³/mol. The lowest BCUT2D eigenvalue weighted by atomic mass is 9.96. The third-order valence-corrected chi connectivity index (χ3v) is 4.69. The maximum Gasteiger partial charge on any atom is 0.379 e. The van der Waals surface area contributed by atoms with Gasteiger partial charge in [0, 0.05) is 40.6 Å². The van der Waals surface area contributed by atoms with E-state index in [1.807, 2.05) is 0 Å². The van der Waals surface area contributed by atoms with Gasteiger partial charge in [0.15, 0.2) is 0 Å². The number of carbonyl (C=O) groups is 1. The van der Waals surface area contributed by atoms with Crippen molar-refractivity contribution < 1.29 is 22.4 Å². The number of carbonyl (C=O) groups excluding carboxylic acids is 1. The van der Waals surface area contributed by atoms with Crippen LogP contribution >= 0.6 is 0 Å². The number of nitrogens with two attached hydrogens (primary N) is 1. The lowest BCUT2D eigenvalue weighted by Gasteiger charge is -2.17. The zero-order valence-electron chi connectivity index (χ0n) is 17.4. The minimum absolute atomic E-state index is 0.0613. The van der Waals surface area contributed by atoms with Gasteiger partial charge in [-0.3, -0.25) is 4.79 Å². The van der Waals surface area contributed by atoms with Crippen molar-refractivity contribution in [2.75, 3.05) is 18.1 Å². The summed E-state index contributed by atoms with van der Waals surface area (Å²) in [6.07, 6.45) is 2.82. The third kappa shape index (κ3) is 7.39. The summed E-state index contributed by atoms with van der Waals surface area (Å²) in [4.78, 5) is 11.1. The van der Waals surface area contributed by atoms with Crippen LogP contribution in [0.4, 0.5) is 28.9 Å². The van der Waals surface area contributed by atoms with Crippen LogP contribution in [0.5, 0.6) is 0 Å². The van der Waals surface area contributed by atoms with E-state index < -0.39 is 18.5 Å². The molecule has 170 valence electrons. The number of halogens is 4. The van der Waals surface area contributed by atoms with E-state index in [4.69, 9.17) is 11.1 Å². The molecule has 1 aliphatic carbocycles. The molecule has 1 aliphatic rings. The van der Waals surface area contributed by atoms with E-state index in [0.717, 1.165) is 12.8 Å². The molecule has 5 nitrogen and oxygen atoms in total. The van der Waals surface area contributed by atoms with Crippen molar-refractivity contribution in [3.8, 4) is 11.8 Å². The minimum atomic E-state index is -3.67. The first kappa shape index (κ1) is 24.9. The summed E-state index contributed by atoms with van der Waals surface area (Å²) in [6, 6.07) is 9.57. The van der Waals surface area contributed by atoms with E-state index in [-0.39, 0.29) is 12.1 Å². The summed E-state index contributed by atoms with van der Waals surface area (Å²) in [7, 11) is 1.75. The van der Waals surface area contributed by atoms with Crippen LogP contribution in [0.3, 0.4) is 0 Å². The lowest BCUT2D eigenvalue weighted by Crippen LogP contribution is -2.18. The van der Waals surface area contributed by atoms with Crippen molar-refractivity contribution >= 4 is 23.5 Å². The molecule has 3 rings (SSSR count). The molecule has 0 spiro atoms. The standard InChI is InChI=1S/C22H23FN4O.CHF3/c1-26-21(9-8-14-6-7-14)17-12-18(23)15(11-22(17)27-13-28)10-20(25)16-4-2-3-5-19(16)24;2-1(3)4/h2-5,11-14,21,25-26H,6-7,10,24H2,1H3,(H,27,28);1H. The highest BCUT2D eigenvalue weighted by atomic mass is 19.4. The second-order valence-electron chi connectivity index (χ2n) is 7.07. The smallest absolute Gasteiger partial charge is 0.379 e. The fraction of sp³-hybridized carbons (Fsp3) is 0.304. The van der Waals surface area contributed by atoms with Crippen molar-refractivity contribution in [1.29, 1.82) is 5.41 Å². The fourth-order valence-electron chi connectivity index (χ4n) is 2.99. The second-order valence-corrected chi connectivity index (χ2v) is 7.07. The Balaban J connectivity index is 0.000000837. The number of amides is 1. The molecule has 2 aromatic rings. The zero-order valence-corrected chi connectivity index (χ0v) is 17.4. The summed E-state index contributed by atoms with van der Waals surface area (Å²) in [5.74, 6) is 6.27. The largest absolute Gasteiger partial charge is 0.398 e. The number of hydrogen-bond acceptors (Lipinski definition) is 4. The van der Waals surface area contributed by atoms with Crippen LogP contribution in [0.1, 0.15) is 35.6 Å². The molecular weight excluding hydrogens is 424 g/mol. The van der Waals surface area contributed by atoms with E-state index in [1.165, 1.54) is 6.07 Å². The average molecular weight is 448 g/mol. The Kier molecular flexibility index (Phi) is 9.22. The van der Waals surface area contributed by atoms with Crippen molar-refractivity contribution in [3.05, 3.63) is 58.9 Å². The highest BCUT2D eigenvalue weighted by Gasteiger charge is 2.20. The van der Waals surface area contributed by atoms with E-state index >= 15 is 0 Å². The first-order valence-electron chi connectivity index (χ1n) is 9.82. The molecule has 32 heavy (non-hydrogen) atoms. The van der Waals surface area contributed by atoms with Gasteiger partial charge in [-0.05, 0) is 43.7 Å². The van der Waals surface area contributed by atoms with Crippen LogP contribution in [-0.2, 0) is 11.2 Å². The third-order valence-electron chi connectivity index (χ3n) is 4.69. The first-order valence-corrected chi connectivity index (χ1v) is 9.82.